The molecule has 0 saturated heterocycles. The van der Waals surface area contributed by atoms with Gasteiger partial charge >= 0.3 is 6.18 Å². The Kier molecular flexibility index (Phi) is 2.36. The molecule has 13 heavy (non-hydrogen) atoms. The maximum Gasteiger partial charge on any atom is 0.418 e. The van der Waals surface area contributed by atoms with Crippen molar-refractivity contribution < 1.29 is 18.0 Å². The number of pyridine rings is 1. The van der Waals surface area contributed by atoms with Gasteiger partial charge in [-0.2, -0.15) is 13.2 Å². The quantitative estimate of drug-likeness (QED) is 0.634. The molecule has 5 heteroatoms. The molecule has 1 aromatic rings. The average molecular weight is 189 g/mol. The molecule has 0 saturated carbocycles. The molecule has 0 aliphatic heterocycles. The van der Waals surface area contributed by atoms with E-state index in [4.69, 9.17) is 0 Å². The van der Waals surface area contributed by atoms with Crippen molar-refractivity contribution in [2.45, 2.75) is 13.1 Å². The third-order valence-electron chi connectivity index (χ3n) is 1.47. The first-order valence-corrected chi connectivity index (χ1v) is 3.44. The minimum absolute atomic E-state index is 0.0995. The number of hydrogen-bond donors (Lipinski definition) is 0. The van der Waals surface area contributed by atoms with Gasteiger partial charge in [0.2, 0.25) is 0 Å². The van der Waals surface area contributed by atoms with Crippen LogP contribution in [0.5, 0.6) is 0 Å². The standard InChI is InChI=1S/C8H6F3NO/c1-5-2-6(8(9,10)11)7(4-13)12-3-5/h2-4H,1H3. The summed E-state index contributed by atoms with van der Waals surface area (Å²) in [6.45, 7) is 1.48. The molecule has 1 heterocycles. The minimum atomic E-state index is -4.52. The van der Waals surface area contributed by atoms with Gasteiger partial charge in [0, 0.05) is 6.20 Å². The molecule has 0 radical (unpaired) electrons. The highest BCUT2D eigenvalue weighted by molar-refractivity contribution is 5.74. The van der Waals surface area contributed by atoms with Gasteiger partial charge in [-0.1, -0.05) is 0 Å². The topological polar surface area (TPSA) is 30.0 Å². The maximum absolute atomic E-state index is 12.2. The van der Waals surface area contributed by atoms with Gasteiger partial charge in [-0.05, 0) is 18.6 Å². The van der Waals surface area contributed by atoms with Gasteiger partial charge in [0.15, 0.2) is 6.29 Å². The Labute approximate surface area is 72.4 Å². The lowest BCUT2D eigenvalue weighted by atomic mass is 10.1. The van der Waals surface area contributed by atoms with Gasteiger partial charge in [0.1, 0.15) is 5.69 Å². The molecular weight excluding hydrogens is 183 g/mol. The van der Waals surface area contributed by atoms with Gasteiger partial charge in [-0.25, -0.2) is 0 Å². The molecule has 0 N–H and O–H groups in total. The van der Waals surface area contributed by atoms with Crippen LogP contribution in [0.25, 0.3) is 0 Å². The molecule has 0 fully saturated rings. The molecule has 0 aliphatic carbocycles. The van der Waals surface area contributed by atoms with Crippen molar-refractivity contribution in [2.75, 3.05) is 0 Å². The van der Waals surface area contributed by atoms with Gasteiger partial charge < -0.3 is 0 Å². The first-order valence-electron chi connectivity index (χ1n) is 3.44. The van der Waals surface area contributed by atoms with Crippen molar-refractivity contribution in [3.8, 4) is 0 Å². The van der Waals surface area contributed by atoms with Gasteiger partial charge in [0.25, 0.3) is 0 Å². The second kappa shape index (κ2) is 3.16. The van der Waals surface area contributed by atoms with E-state index in [9.17, 15) is 18.0 Å². The lowest BCUT2D eigenvalue weighted by molar-refractivity contribution is -0.138. The van der Waals surface area contributed by atoms with Crippen LogP contribution in [0.3, 0.4) is 0 Å². The third kappa shape index (κ3) is 2.05. The number of aryl methyl sites for hydroxylation is 1. The Morgan fingerprint density at radius 3 is 2.54 bits per heavy atom. The Morgan fingerprint density at radius 2 is 2.08 bits per heavy atom. The van der Waals surface area contributed by atoms with Crippen molar-refractivity contribution in [1.82, 2.24) is 4.98 Å². The Balaban J connectivity index is 3.32. The number of hydrogen-bond acceptors (Lipinski definition) is 2. The number of carbonyl (C=O) groups is 1. The summed E-state index contributed by atoms with van der Waals surface area (Å²) in [5.74, 6) is 0. The zero-order chi connectivity index (χ0) is 10.1. The molecular formula is C8H6F3NO. The molecule has 70 valence electrons. The molecule has 0 amide bonds. The Bertz CT molecular complexity index is 333. The van der Waals surface area contributed by atoms with Crippen molar-refractivity contribution in [2.24, 2.45) is 0 Å². The number of nitrogens with zero attached hydrogens (tertiary/aromatic N) is 1. The fourth-order valence-corrected chi connectivity index (χ4v) is 0.901. The van der Waals surface area contributed by atoms with Crippen LogP contribution < -0.4 is 0 Å². The zero-order valence-corrected chi connectivity index (χ0v) is 6.72. The molecule has 0 bridgehead atoms. The number of carbonyl (C=O) groups excluding carboxylic acids is 1. The van der Waals surface area contributed by atoms with Crippen LogP contribution >= 0.6 is 0 Å². The highest BCUT2D eigenvalue weighted by atomic mass is 19.4. The van der Waals surface area contributed by atoms with Crippen LogP contribution in [0.15, 0.2) is 12.3 Å². The van der Waals surface area contributed by atoms with E-state index in [0.717, 1.165) is 6.07 Å². The summed E-state index contributed by atoms with van der Waals surface area (Å²) in [7, 11) is 0. The fourth-order valence-electron chi connectivity index (χ4n) is 0.901. The lowest BCUT2D eigenvalue weighted by Crippen LogP contribution is -2.10. The van der Waals surface area contributed by atoms with E-state index in [1.54, 1.807) is 0 Å². The van der Waals surface area contributed by atoms with E-state index in [0.29, 0.717) is 5.56 Å². The molecule has 0 unspecified atom stereocenters. The van der Waals surface area contributed by atoms with Crippen LogP contribution in [0.4, 0.5) is 13.2 Å². The third-order valence-corrected chi connectivity index (χ3v) is 1.47. The SMILES string of the molecule is Cc1cnc(C=O)c(C(F)(F)F)c1. The van der Waals surface area contributed by atoms with E-state index in [1.807, 2.05) is 0 Å². The molecule has 1 rings (SSSR count). The van der Waals surface area contributed by atoms with E-state index in [1.165, 1.54) is 13.1 Å². The van der Waals surface area contributed by atoms with Crippen LogP contribution in [0.1, 0.15) is 21.6 Å². The normalized spacial score (nSPS) is 11.4. The Hall–Kier alpha value is -1.39. The monoisotopic (exact) mass is 189 g/mol. The van der Waals surface area contributed by atoms with Crippen molar-refractivity contribution in [3.63, 3.8) is 0 Å². The molecule has 0 aromatic carbocycles. The summed E-state index contributed by atoms with van der Waals surface area (Å²) in [5, 5.41) is 0. The Morgan fingerprint density at radius 1 is 1.46 bits per heavy atom. The van der Waals surface area contributed by atoms with Crippen molar-refractivity contribution >= 4 is 6.29 Å². The predicted molar refractivity (Wildman–Crippen MR) is 39.4 cm³/mol. The first-order chi connectivity index (χ1) is 5.95. The average Bonchev–Trinajstić information content (AvgIpc) is 2.03. The lowest BCUT2D eigenvalue weighted by Gasteiger charge is -2.08. The van der Waals surface area contributed by atoms with E-state index in [-0.39, 0.29) is 6.29 Å². The molecule has 0 spiro atoms. The van der Waals surface area contributed by atoms with E-state index < -0.39 is 17.4 Å². The molecule has 1 aromatic heterocycles. The number of aromatic nitrogens is 1. The van der Waals surface area contributed by atoms with Crippen LogP contribution in [-0.4, -0.2) is 11.3 Å². The smallest absolute Gasteiger partial charge is 0.296 e. The first kappa shape index (κ1) is 9.70. The van der Waals surface area contributed by atoms with Crippen molar-refractivity contribution in [3.05, 3.63) is 29.1 Å². The summed E-state index contributed by atoms with van der Waals surface area (Å²) < 4.78 is 36.6. The molecule has 0 atom stereocenters. The molecule has 0 aliphatic rings. The largest absolute Gasteiger partial charge is 0.418 e. The second-order valence-electron chi connectivity index (χ2n) is 2.56. The van der Waals surface area contributed by atoms with Gasteiger partial charge in [-0.3, -0.25) is 9.78 Å². The fraction of sp³-hybridized carbons (Fsp3) is 0.250. The summed E-state index contributed by atoms with van der Waals surface area (Å²) in [6, 6.07) is 0.900. The number of rotatable bonds is 1. The summed E-state index contributed by atoms with van der Waals surface area (Å²) in [4.78, 5) is 13.6. The minimum Gasteiger partial charge on any atom is -0.296 e. The van der Waals surface area contributed by atoms with Gasteiger partial charge in [-0.15, -0.1) is 0 Å². The van der Waals surface area contributed by atoms with Crippen LogP contribution in [0.2, 0.25) is 0 Å². The maximum atomic E-state index is 12.2. The number of halogens is 3. The van der Waals surface area contributed by atoms with Crippen molar-refractivity contribution in [1.29, 1.82) is 0 Å². The van der Waals surface area contributed by atoms with E-state index in [2.05, 4.69) is 4.98 Å². The summed E-state index contributed by atoms with van der Waals surface area (Å²) >= 11 is 0. The van der Waals surface area contributed by atoms with E-state index >= 15 is 0 Å². The zero-order valence-electron chi connectivity index (χ0n) is 6.72. The molecule has 2 nitrogen and oxygen atoms in total. The highest BCUT2D eigenvalue weighted by Gasteiger charge is 2.34. The summed E-state index contributed by atoms with van der Waals surface area (Å²) in [6.07, 6.45) is -3.20. The summed E-state index contributed by atoms with van der Waals surface area (Å²) in [5.41, 5.74) is -1.18. The number of alkyl halides is 3. The highest BCUT2D eigenvalue weighted by Crippen LogP contribution is 2.30. The number of aldehydes is 1. The predicted octanol–water partition coefficient (Wildman–Crippen LogP) is 2.22. The van der Waals surface area contributed by atoms with Crippen LogP contribution in [-0.2, 0) is 6.18 Å². The van der Waals surface area contributed by atoms with Crippen LogP contribution in [0, 0.1) is 6.92 Å². The van der Waals surface area contributed by atoms with Gasteiger partial charge in [0.05, 0.1) is 5.56 Å². The second-order valence-corrected chi connectivity index (χ2v) is 2.56.